The molecule has 6 nitrogen and oxygen atoms in total. The van der Waals surface area contributed by atoms with Crippen molar-refractivity contribution in [1.29, 1.82) is 0 Å². The van der Waals surface area contributed by atoms with Crippen LogP contribution in [0, 0.1) is 0 Å². The minimum Gasteiger partial charge on any atom is -0.348 e. The van der Waals surface area contributed by atoms with E-state index in [0.29, 0.717) is 11.1 Å². The number of nitrogens with one attached hydrogen (secondary N) is 2. The molecule has 0 saturated heterocycles. The molecule has 3 rings (SSSR count). The lowest BCUT2D eigenvalue weighted by Crippen LogP contribution is -2.39. The SMILES string of the molecule is O=C(NC1CCc2[nH]ncc2C1)c1ccnn1C(F)F. The van der Waals surface area contributed by atoms with E-state index in [2.05, 4.69) is 20.6 Å². The van der Waals surface area contributed by atoms with Gasteiger partial charge in [0.05, 0.1) is 6.20 Å². The molecule has 0 aliphatic heterocycles. The van der Waals surface area contributed by atoms with Gasteiger partial charge in [0.2, 0.25) is 0 Å². The third kappa shape index (κ3) is 2.28. The van der Waals surface area contributed by atoms with Gasteiger partial charge in [0.1, 0.15) is 5.69 Å². The summed E-state index contributed by atoms with van der Waals surface area (Å²) in [5.74, 6) is -0.528. The average molecular weight is 281 g/mol. The number of fused-ring (bicyclic) bond motifs is 1. The number of aromatic amines is 1. The first-order valence-corrected chi connectivity index (χ1v) is 6.29. The number of aromatic nitrogens is 4. The number of H-pyrrole nitrogens is 1. The number of amides is 1. The summed E-state index contributed by atoms with van der Waals surface area (Å²) in [5.41, 5.74) is 2.01. The molecule has 106 valence electrons. The molecule has 0 radical (unpaired) electrons. The maximum Gasteiger partial charge on any atom is 0.333 e. The minimum absolute atomic E-state index is 0.0753. The standard InChI is InChI=1S/C12H13F2N5O/c13-12(14)19-10(3-4-16-19)11(20)17-8-1-2-9-7(5-8)6-15-18-9/h3-4,6,8,12H,1-2,5H2,(H,15,18)(H,17,20). The largest absolute Gasteiger partial charge is 0.348 e. The molecule has 20 heavy (non-hydrogen) atoms. The number of aryl methyl sites for hydroxylation is 1. The maximum atomic E-state index is 12.7. The molecule has 1 atom stereocenters. The molecule has 2 aromatic heterocycles. The highest BCUT2D eigenvalue weighted by molar-refractivity contribution is 5.92. The summed E-state index contributed by atoms with van der Waals surface area (Å²) in [6.45, 7) is -2.82. The number of alkyl halides is 2. The van der Waals surface area contributed by atoms with Crippen molar-refractivity contribution in [2.45, 2.75) is 31.9 Å². The first-order valence-electron chi connectivity index (χ1n) is 6.29. The third-order valence-corrected chi connectivity index (χ3v) is 3.44. The van der Waals surface area contributed by atoms with Crippen molar-refractivity contribution in [3.05, 3.63) is 35.4 Å². The Kier molecular flexibility index (Phi) is 3.21. The monoisotopic (exact) mass is 281 g/mol. The number of halogens is 2. The van der Waals surface area contributed by atoms with Gasteiger partial charge in [-0.2, -0.15) is 23.7 Å². The van der Waals surface area contributed by atoms with Crippen molar-refractivity contribution >= 4 is 5.91 Å². The zero-order valence-corrected chi connectivity index (χ0v) is 10.5. The van der Waals surface area contributed by atoms with Crippen LogP contribution in [0.4, 0.5) is 8.78 Å². The first kappa shape index (κ1) is 12.8. The van der Waals surface area contributed by atoms with Crippen LogP contribution in [0.1, 0.15) is 34.7 Å². The van der Waals surface area contributed by atoms with Crippen molar-refractivity contribution in [3.8, 4) is 0 Å². The van der Waals surface area contributed by atoms with Gasteiger partial charge < -0.3 is 5.32 Å². The molecule has 2 N–H and O–H groups in total. The number of rotatable bonds is 3. The smallest absolute Gasteiger partial charge is 0.333 e. The van der Waals surface area contributed by atoms with Crippen molar-refractivity contribution in [2.24, 2.45) is 0 Å². The Morgan fingerprint density at radius 1 is 1.55 bits per heavy atom. The van der Waals surface area contributed by atoms with Gasteiger partial charge in [0.25, 0.3) is 5.91 Å². The average Bonchev–Trinajstić information content (AvgIpc) is 3.06. The van der Waals surface area contributed by atoms with Crippen LogP contribution in [0.15, 0.2) is 18.5 Å². The van der Waals surface area contributed by atoms with E-state index in [1.165, 1.54) is 12.3 Å². The Bertz CT molecular complexity index is 621. The number of hydrogen-bond acceptors (Lipinski definition) is 3. The Morgan fingerprint density at radius 3 is 3.20 bits per heavy atom. The Hall–Kier alpha value is -2.25. The minimum atomic E-state index is -2.82. The first-order chi connectivity index (χ1) is 9.65. The second-order valence-corrected chi connectivity index (χ2v) is 4.73. The van der Waals surface area contributed by atoms with E-state index < -0.39 is 12.5 Å². The maximum absolute atomic E-state index is 12.7. The summed E-state index contributed by atoms with van der Waals surface area (Å²) in [7, 11) is 0. The van der Waals surface area contributed by atoms with E-state index in [4.69, 9.17) is 0 Å². The number of hydrogen-bond donors (Lipinski definition) is 2. The van der Waals surface area contributed by atoms with E-state index in [1.807, 2.05) is 0 Å². The normalized spacial score (nSPS) is 18.1. The van der Waals surface area contributed by atoms with Gasteiger partial charge in [0.15, 0.2) is 0 Å². The molecular formula is C12H13F2N5O. The number of carbonyl (C=O) groups excluding carboxylic acids is 1. The second kappa shape index (κ2) is 5.03. The van der Waals surface area contributed by atoms with Crippen LogP contribution in [-0.4, -0.2) is 31.9 Å². The van der Waals surface area contributed by atoms with Crippen LogP contribution < -0.4 is 5.32 Å². The molecule has 1 unspecified atom stereocenters. The highest BCUT2D eigenvalue weighted by atomic mass is 19.3. The van der Waals surface area contributed by atoms with Gasteiger partial charge in [-0.25, -0.2) is 0 Å². The molecule has 1 aliphatic carbocycles. The summed E-state index contributed by atoms with van der Waals surface area (Å²) in [6.07, 6.45) is 5.12. The fourth-order valence-corrected chi connectivity index (χ4v) is 2.45. The zero-order valence-electron chi connectivity index (χ0n) is 10.5. The Labute approximate surface area is 113 Å². The molecule has 0 aromatic carbocycles. The van der Waals surface area contributed by atoms with E-state index in [-0.39, 0.29) is 11.7 Å². The molecule has 1 aliphatic rings. The molecule has 2 heterocycles. The summed E-state index contributed by atoms with van der Waals surface area (Å²) < 4.78 is 25.7. The predicted molar refractivity (Wildman–Crippen MR) is 65.3 cm³/mol. The zero-order chi connectivity index (χ0) is 14.1. The summed E-state index contributed by atoms with van der Waals surface area (Å²) >= 11 is 0. The van der Waals surface area contributed by atoms with Gasteiger partial charge in [0, 0.05) is 17.9 Å². The van der Waals surface area contributed by atoms with Crippen LogP contribution in [0.25, 0.3) is 0 Å². The fraction of sp³-hybridized carbons (Fsp3) is 0.417. The van der Waals surface area contributed by atoms with Crippen molar-refractivity contribution in [1.82, 2.24) is 25.3 Å². The quantitative estimate of drug-likeness (QED) is 0.890. The van der Waals surface area contributed by atoms with Gasteiger partial charge in [-0.05, 0) is 30.9 Å². The highest BCUT2D eigenvalue weighted by Gasteiger charge is 2.24. The lowest BCUT2D eigenvalue weighted by molar-refractivity contribution is 0.0506. The number of carbonyl (C=O) groups is 1. The van der Waals surface area contributed by atoms with Gasteiger partial charge in [-0.3, -0.25) is 9.89 Å². The molecular weight excluding hydrogens is 268 g/mol. The molecule has 0 fully saturated rings. The molecule has 0 saturated carbocycles. The van der Waals surface area contributed by atoms with E-state index in [0.717, 1.165) is 24.1 Å². The summed E-state index contributed by atoms with van der Waals surface area (Å²) in [6, 6.07) is 1.21. The van der Waals surface area contributed by atoms with Crippen LogP contribution in [0.3, 0.4) is 0 Å². The highest BCUT2D eigenvalue weighted by Crippen LogP contribution is 2.19. The van der Waals surface area contributed by atoms with Crippen LogP contribution in [0.5, 0.6) is 0 Å². The molecule has 1 amide bonds. The number of nitrogens with zero attached hydrogens (tertiary/aromatic N) is 3. The lowest BCUT2D eigenvalue weighted by Gasteiger charge is -2.22. The third-order valence-electron chi connectivity index (χ3n) is 3.44. The fourth-order valence-electron chi connectivity index (χ4n) is 2.45. The van der Waals surface area contributed by atoms with Gasteiger partial charge >= 0.3 is 6.55 Å². The lowest BCUT2D eigenvalue weighted by atomic mass is 9.93. The van der Waals surface area contributed by atoms with Crippen molar-refractivity contribution < 1.29 is 13.6 Å². The molecule has 8 heteroatoms. The van der Waals surface area contributed by atoms with E-state index >= 15 is 0 Å². The molecule has 0 spiro atoms. The van der Waals surface area contributed by atoms with Crippen molar-refractivity contribution in [2.75, 3.05) is 0 Å². The van der Waals surface area contributed by atoms with Crippen molar-refractivity contribution in [3.63, 3.8) is 0 Å². The van der Waals surface area contributed by atoms with Crippen LogP contribution >= 0.6 is 0 Å². The summed E-state index contributed by atoms with van der Waals surface area (Å²) in [5, 5.41) is 13.1. The molecule has 0 bridgehead atoms. The second-order valence-electron chi connectivity index (χ2n) is 4.73. The van der Waals surface area contributed by atoms with Crippen LogP contribution in [0.2, 0.25) is 0 Å². The van der Waals surface area contributed by atoms with Crippen LogP contribution in [-0.2, 0) is 12.8 Å². The Morgan fingerprint density at radius 2 is 2.40 bits per heavy atom. The van der Waals surface area contributed by atoms with Gasteiger partial charge in [-0.1, -0.05) is 0 Å². The van der Waals surface area contributed by atoms with Gasteiger partial charge in [-0.15, -0.1) is 0 Å². The van der Waals surface area contributed by atoms with E-state index in [9.17, 15) is 13.6 Å². The molecule has 2 aromatic rings. The predicted octanol–water partition coefficient (Wildman–Crippen LogP) is 1.29. The summed E-state index contributed by atoms with van der Waals surface area (Å²) in [4.78, 5) is 12.0. The topological polar surface area (TPSA) is 75.6 Å². The Balaban J connectivity index is 1.69. The van der Waals surface area contributed by atoms with E-state index in [1.54, 1.807) is 6.20 Å².